The zero-order valence-electron chi connectivity index (χ0n) is 10.1. The second-order valence-corrected chi connectivity index (χ2v) is 4.30. The van der Waals surface area contributed by atoms with E-state index in [1.165, 1.54) is 0 Å². The van der Waals surface area contributed by atoms with Crippen molar-refractivity contribution in [1.82, 2.24) is 15.1 Å². The average molecular weight is 225 g/mol. The number of hydrogen-bond donors (Lipinski definition) is 2. The Kier molecular flexibility index (Phi) is 4.06. The summed E-state index contributed by atoms with van der Waals surface area (Å²) in [6, 6.07) is 1.15. The molecule has 0 aliphatic heterocycles. The highest BCUT2D eigenvalue weighted by molar-refractivity contribution is 5.74. The molecule has 0 bridgehead atoms. The molecule has 0 aliphatic rings. The van der Waals surface area contributed by atoms with E-state index < -0.39 is 12.0 Å². The molecule has 0 radical (unpaired) electrons. The highest BCUT2D eigenvalue weighted by atomic mass is 16.4. The van der Waals surface area contributed by atoms with Crippen LogP contribution in [0.2, 0.25) is 0 Å². The molecule has 1 heterocycles. The van der Waals surface area contributed by atoms with Crippen LogP contribution in [0, 0.1) is 6.92 Å². The first-order valence-corrected chi connectivity index (χ1v) is 5.42. The van der Waals surface area contributed by atoms with E-state index in [0.717, 1.165) is 5.69 Å². The molecule has 2 unspecified atom stereocenters. The van der Waals surface area contributed by atoms with Gasteiger partial charge in [0.05, 0.1) is 6.04 Å². The van der Waals surface area contributed by atoms with Gasteiger partial charge in [0, 0.05) is 17.9 Å². The molecular formula is C11H19N3O2. The van der Waals surface area contributed by atoms with Crippen molar-refractivity contribution in [2.75, 3.05) is 0 Å². The largest absolute Gasteiger partial charge is 0.480 e. The predicted molar refractivity (Wildman–Crippen MR) is 61.4 cm³/mol. The van der Waals surface area contributed by atoms with E-state index in [4.69, 9.17) is 0 Å². The van der Waals surface area contributed by atoms with E-state index in [1.54, 1.807) is 10.9 Å². The fourth-order valence-corrected chi connectivity index (χ4v) is 1.72. The number of carboxylic acid groups (broad SMARTS) is 1. The summed E-state index contributed by atoms with van der Waals surface area (Å²) < 4.78 is 1.73. The smallest absolute Gasteiger partial charge is 0.322 e. The van der Waals surface area contributed by atoms with Crippen molar-refractivity contribution in [1.29, 1.82) is 0 Å². The molecule has 1 rings (SSSR count). The van der Waals surface area contributed by atoms with Crippen molar-refractivity contribution in [3.63, 3.8) is 0 Å². The van der Waals surface area contributed by atoms with Gasteiger partial charge in [-0.15, -0.1) is 0 Å². The number of hydrogen-bond acceptors (Lipinski definition) is 3. The first-order valence-electron chi connectivity index (χ1n) is 5.42. The lowest BCUT2D eigenvalue weighted by molar-refractivity contribution is -0.140. The summed E-state index contributed by atoms with van der Waals surface area (Å²) in [5.41, 5.74) is 0.962. The molecule has 0 spiro atoms. The Hall–Kier alpha value is -1.36. The van der Waals surface area contributed by atoms with Gasteiger partial charge in [-0.3, -0.25) is 9.48 Å². The van der Waals surface area contributed by atoms with Gasteiger partial charge in [0.2, 0.25) is 0 Å². The van der Waals surface area contributed by atoms with Crippen LogP contribution in [-0.4, -0.2) is 32.9 Å². The predicted octanol–water partition coefficient (Wildman–Crippen LogP) is 1.20. The fourth-order valence-electron chi connectivity index (χ4n) is 1.72. The molecule has 2 N–H and O–H groups in total. The van der Waals surface area contributed by atoms with E-state index in [2.05, 4.69) is 10.4 Å². The number of nitrogens with one attached hydrogen (secondary N) is 1. The molecule has 0 fully saturated rings. The number of nitrogens with zero attached hydrogens (tertiary/aromatic N) is 2. The zero-order chi connectivity index (χ0) is 12.3. The SMILES string of the molecule is Cc1ccnn1C(C)C(NC(C)C)C(=O)O. The van der Waals surface area contributed by atoms with Crippen LogP contribution in [0.1, 0.15) is 32.5 Å². The lowest BCUT2D eigenvalue weighted by Gasteiger charge is -2.24. The van der Waals surface area contributed by atoms with Crippen molar-refractivity contribution in [2.24, 2.45) is 0 Å². The van der Waals surface area contributed by atoms with Crippen LogP contribution < -0.4 is 5.32 Å². The van der Waals surface area contributed by atoms with E-state index in [0.29, 0.717) is 0 Å². The number of rotatable bonds is 5. The summed E-state index contributed by atoms with van der Waals surface area (Å²) >= 11 is 0. The molecule has 16 heavy (non-hydrogen) atoms. The topological polar surface area (TPSA) is 67.2 Å². The molecule has 0 saturated carbocycles. The van der Waals surface area contributed by atoms with Crippen LogP contribution in [0.5, 0.6) is 0 Å². The molecule has 90 valence electrons. The third kappa shape index (κ3) is 2.82. The van der Waals surface area contributed by atoms with Crippen molar-refractivity contribution >= 4 is 5.97 Å². The third-order valence-corrected chi connectivity index (χ3v) is 2.52. The molecule has 5 heteroatoms. The van der Waals surface area contributed by atoms with Crippen LogP contribution >= 0.6 is 0 Å². The van der Waals surface area contributed by atoms with Crippen molar-refractivity contribution < 1.29 is 9.90 Å². The van der Waals surface area contributed by atoms with E-state index >= 15 is 0 Å². The molecule has 5 nitrogen and oxygen atoms in total. The third-order valence-electron chi connectivity index (χ3n) is 2.52. The van der Waals surface area contributed by atoms with E-state index in [1.807, 2.05) is 33.8 Å². The molecule has 0 amide bonds. The molecule has 0 aliphatic carbocycles. The van der Waals surface area contributed by atoms with Gasteiger partial charge in [0.1, 0.15) is 6.04 Å². The Morgan fingerprint density at radius 2 is 2.12 bits per heavy atom. The standard InChI is InChI=1S/C11H19N3O2/c1-7(2)13-10(11(15)16)9(4)14-8(3)5-6-12-14/h5-7,9-10,13H,1-4H3,(H,15,16). The summed E-state index contributed by atoms with van der Waals surface area (Å²) in [6.45, 7) is 7.63. The first kappa shape index (κ1) is 12.7. The Labute approximate surface area is 95.5 Å². The van der Waals surface area contributed by atoms with E-state index in [-0.39, 0.29) is 12.1 Å². The number of aryl methyl sites for hydroxylation is 1. The number of carbonyl (C=O) groups is 1. The van der Waals surface area contributed by atoms with Gasteiger partial charge >= 0.3 is 5.97 Å². The van der Waals surface area contributed by atoms with Crippen molar-refractivity contribution in [3.8, 4) is 0 Å². The van der Waals surface area contributed by atoms with Gasteiger partial charge in [-0.05, 0) is 19.9 Å². The van der Waals surface area contributed by atoms with E-state index in [9.17, 15) is 9.90 Å². The minimum absolute atomic E-state index is 0.124. The Morgan fingerprint density at radius 1 is 1.50 bits per heavy atom. The quantitative estimate of drug-likeness (QED) is 0.790. The molecular weight excluding hydrogens is 206 g/mol. The average Bonchev–Trinajstić information content (AvgIpc) is 2.59. The number of carboxylic acids is 1. The summed E-state index contributed by atoms with van der Waals surface area (Å²) in [6.07, 6.45) is 1.68. The summed E-state index contributed by atoms with van der Waals surface area (Å²) in [4.78, 5) is 11.2. The Bertz CT molecular complexity index is 360. The van der Waals surface area contributed by atoms with Gasteiger partial charge in [-0.1, -0.05) is 13.8 Å². The van der Waals surface area contributed by atoms with Crippen LogP contribution in [0.3, 0.4) is 0 Å². The highest BCUT2D eigenvalue weighted by Crippen LogP contribution is 2.13. The van der Waals surface area contributed by atoms with Gasteiger partial charge in [0.15, 0.2) is 0 Å². The maximum Gasteiger partial charge on any atom is 0.322 e. The second kappa shape index (κ2) is 5.12. The van der Waals surface area contributed by atoms with Crippen LogP contribution in [0.25, 0.3) is 0 Å². The number of aromatic nitrogens is 2. The maximum absolute atomic E-state index is 11.2. The van der Waals surface area contributed by atoms with Gasteiger partial charge in [-0.2, -0.15) is 5.10 Å². The maximum atomic E-state index is 11.2. The fraction of sp³-hybridized carbons (Fsp3) is 0.636. The van der Waals surface area contributed by atoms with Crippen molar-refractivity contribution in [2.45, 2.75) is 45.8 Å². The van der Waals surface area contributed by atoms with Crippen LogP contribution in [0.4, 0.5) is 0 Å². The minimum atomic E-state index is -0.851. The number of aliphatic carboxylic acids is 1. The summed E-state index contributed by atoms with van der Waals surface area (Å²) in [5.74, 6) is -0.851. The molecule has 2 atom stereocenters. The molecule has 0 aromatic carbocycles. The lowest BCUT2D eigenvalue weighted by atomic mass is 10.1. The lowest BCUT2D eigenvalue weighted by Crippen LogP contribution is -2.46. The Morgan fingerprint density at radius 3 is 2.50 bits per heavy atom. The van der Waals surface area contributed by atoms with Crippen molar-refractivity contribution in [3.05, 3.63) is 18.0 Å². The molecule has 1 aromatic heterocycles. The minimum Gasteiger partial charge on any atom is -0.480 e. The Balaban J connectivity index is 2.87. The summed E-state index contributed by atoms with van der Waals surface area (Å²) in [7, 11) is 0. The second-order valence-electron chi connectivity index (χ2n) is 4.30. The normalized spacial score (nSPS) is 15.1. The summed E-state index contributed by atoms with van der Waals surface area (Å²) in [5, 5.41) is 16.4. The van der Waals surface area contributed by atoms with Crippen LogP contribution in [-0.2, 0) is 4.79 Å². The monoisotopic (exact) mass is 225 g/mol. The zero-order valence-corrected chi connectivity index (χ0v) is 10.1. The highest BCUT2D eigenvalue weighted by Gasteiger charge is 2.27. The first-order chi connectivity index (χ1) is 7.43. The molecule has 0 saturated heterocycles. The molecule has 1 aromatic rings. The van der Waals surface area contributed by atoms with Gasteiger partial charge in [0.25, 0.3) is 0 Å². The van der Waals surface area contributed by atoms with Gasteiger partial charge < -0.3 is 10.4 Å². The van der Waals surface area contributed by atoms with Gasteiger partial charge in [-0.25, -0.2) is 0 Å². The van der Waals surface area contributed by atoms with Crippen LogP contribution in [0.15, 0.2) is 12.3 Å².